The molecule has 0 spiro atoms. The average Bonchev–Trinajstić information content (AvgIpc) is 2.82. The molecule has 0 unspecified atom stereocenters. The zero-order chi connectivity index (χ0) is 21.8. The smallest absolute Gasteiger partial charge is 0.251 e. The molecule has 0 radical (unpaired) electrons. The summed E-state index contributed by atoms with van der Waals surface area (Å²) in [5.74, 6) is 0.491. The van der Waals surface area contributed by atoms with Crippen LogP contribution < -0.4 is 5.32 Å². The number of carbonyl (C=O) groups excluding carboxylic acids is 1. The average molecular weight is 416 g/mol. The molecule has 1 N–H and O–H groups in total. The second-order valence-corrected chi connectivity index (χ2v) is 8.35. The van der Waals surface area contributed by atoms with Crippen molar-refractivity contribution in [3.63, 3.8) is 0 Å². The van der Waals surface area contributed by atoms with Crippen LogP contribution in [0.1, 0.15) is 66.4 Å². The van der Waals surface area contributed by atoms with E-state index in [2.05, 4.69) is 23.3 Å². The third-order valence-electron chi connectivity index (χ3n) is 6.55. The number of fused-ring (bicyclic) bond motifs is 1. The summed E-state index contributed by atoms with van der Waals surface area (Å²) in [6.07, 6.45) is 6.77. The third kappa shape index (κ3) is 4.59. The van der Waals surface area contributed by atoms with Gasteiger partial charge in [0.05, 0.1) is 17.1 Å². The molecule has 1 aliphatic carbocycles. The first-order valence-corrected chi connectivity index (χ1v) is 10.9. The summed E-state index contributed by atoms with van der Waals surface area (Å²) in [5, 5.41) is 13.0. The maximum Gasteiger partial charge on any atom is 0.251 e. The van der Waals surface area contributed by atoms with E-state index >= 15 is 0 Å². The molecule has 1 heterocycles. The van der Waals surface area contributed by atoms with Gasteiger partial charge in [0.15, 0.2) is 0 Å². The van der Waals surface area contributed by atoms with Crippen LogP contribution in [0.15, 0.2) is 54.7 Å². The lowest BCUT2D eigenvalue weighted by Crippen LogP contribution is -2.41. The maximum atomic E-state index is 13.8. The van der Waals surface area contributed by atoms with Crippen molar-refractivity contribution in [2.75, 3.05) is 0 Å². The van der Waals surface area contributed by atoms with Gasteiger partial charge in [-0.3, -0.25) is 9.78 Å². The third-order valence-corrected chi connectivity index (χ3v) is 6.55. The molecule has 4 rings (SSSR count). The molecule has 1 fully saturated rings. The number of carbonyl (C=O) groups is 1. The molecule has 0 saturated heterocycles. The first-order chi connectivity index (χ1) is 15.1. The van der Waals surface area contributed by atoms with Gasteiger partial charge in [0, 0.05) is 23.2 Å². The van der Waals surface area contributed by atoms with Crippen LogP contribution in [0.4, 0.5) is 4.39 Å². The number of nitrogens with zero attached hydrogens (tertiary/aromatic N) is 2. The lowest BCUT2D eigenvalue weighted by Gasteiger charge is -2.34. The van der Waals surface area contributed by atoms with E-state index < -0.39 is 0 Å². The van der Waals surface area contributed by atoms with E-state index in [1.165, 1.54) is 11.6 Å². The predicted molar refractivity (Wildman–Crippen MR) is 119 cm³/mol. The van der Waals surface area contributed by atoms with Gasteiger partial charge in [-0.25, -0.2) is 4.39 Å². The number of aromatic nitrogens is 1. The first kappa shape index (κ1) is 21.0. The minimum atomic E-state index is -0.230. The highest BCUT2D eigenvalue weighted by Gasteiger charge is 2.29. The molecule has 0 aliphatic heterocycles. The molecule has 1 aliphatic rings. The van der Waals surface area contributed by atoms with Gasteiger partial charge in [-0.05, 0) is 98.0 Å². The topological polar surface area (TPSA) is 65.8 Å². The zero-order valence-corrected chi connectivity index (χ0v) is 17.6. The van der Waals surface area contributed by atoms with Crippen LogP contribution in [0.25, 0.3) is 10.9 Å². The number of nitriles is 1. The van der Waals surface area contributed by atoms with E-state index in [1.54, 1.807) is 36.4 Å². The number of rotatable bonds is 5. The minimum absolute atomic E-state index is 0.0888. The monoisotopic (exact) mass is 415 g/mol. The molecule has 2 aromatic carbocycles. The molecule has 1 amide bonds. The molecule has 3 aromatic rings. The van der Waals surface area contributed by atoms with Crippen LogP contribution in [-0.2, 0) is 0 Å². The van der Waals surface area contributed by atoms with Crippen LogP contribution >= 0.6 is 0 Å². The normalized spacial score (nSPS) is 19.5. The van der Waals surface area contributed by atoms with E-state index in [-0.39, 0.29) is 17.8 Å². The van der Waals surface area contributed by atoms with Crippen LogP contribution in [0.3, 0.4) is 0 Å². The summed E-state index contributed by atoms with van der Waals surface area (Å²) >= 11 is 0. The molecule has 4 nitrogen and oxygen atoms in total. The second-order valence-electron chi connectivity index (χ2n) is 8.35. The van der Waals surface area contributed by atoms with Crippen molar-refractivity contribution in [1.82, 2.24) is 10.3 Å². The molecular formula is C26H26FN3O. The van der Waals surface area contributed by atoms with Crippen molar-refractivity contribution >= 4 is 16.8 Å². The SMILES string of the molecule is CC[C@@H](NC(=O)c1ccc(C#N)cc1)[C@H]1CC[C@H](c2ccnc3ccc(F)cc32)CC1. The number of halogens is 1. The number of amides is 1. The van der Waals surface area contributed by atoms with Crippen molar-refractivity contribution in [2.24, 2.45) is 5.92 Å². The van der Waals surface area contributed by atoms with Gasteiger partial charge in [0.2, 0.25) is 0 Å². The number of benzene rings is 2. The lowest BCUT2D eigenvalue weighted by atomic mass is 9.75. The predicted octanol–water partition coefficient (Wildman–Crippen LogP) is 5.73. The van der Waals surface area contributed by atoms with E-state index in [0.717, 1.165) is 43.0 Å². The molecule has 1 saturated carbocycles. The van der Waals surface area contributed by atoms with Crippen molar-refractivity contribution in [2.45, 2.75) is 51.0 Å². The van der Waals surface area contributed by atoms with Crippen LogP contribution in [-0.4, -0.2) is 16.9 Å². The van der Waals surface area contributed by atoms with Gasteiger partial charge in [-0.1, -0.05) is 6.92 Å². The number of hydrogen-bond donors (Lipinski definition) is 1. The number of hydrogen-bond acceptors (Lipinski definition) is 3. The lowest BCUT2D eigenvalue weighted by molar-refractivity contribution is 0.0909. The van der Waals surface area contributed by atoms with Gasteiger partial charge in [0.1, 0.15) is 5.82 Å². The summed E-state index contributed by atoms with van der Waals surface area (Å²) in [6, 6.07) is 15.7. The number of nitrogens with one attached hydrogen (secondary N) is 1. The Morgan fingerprint density at radius 2 is 1.90 bits per heavy atom. The summed E-state index contributed by atoms with van der Waals surface area (Å²) in [6.45, 7) is 2.11. The largest absolute Gasteiger partial charge is 0.349 e. The van der Waals surface area contributed by atoms with E-state index in [4.69, 9.17) is 5.26 Å². The van der Waals surface area contributed by atoms with Gasteiger partial charge in [0.25, 0.3) is 5.91 Å². The highest BCUT2D eigenvalue weighted by atomic mass is 19.1. The first-order valence-electron chi connectivity index (χ1n) is 10.9. The molecular weight excluding hydrogens is 389 g/mol. The quantitative estimate of drug-likeness (QED) is 0.579. The minimum Gasteiger partial charge on any atom is -0.349 e. The van der Waals surface area contributed by atoms with Crippen molar-refractivity contribution in [1.29, 1.82) is 5.26 Å². The molecule has 1 aromatic heterocycles. The molecule has 0 bridgehead atoms. The molecule has 31 heavy (non-hydrogen) atoms. The summed E-state index contributed by atoms with van der Waals surface area (Å²) in [7, 11) is 0. The molecule has 1 atom stereocenters. The second kappa shape index (κ2) is 9.26. The van der Waals surface area contributed by atoms with Gasteiger partial charge in [-0.15, -0.1) is 0 Å². The van der Waals surface area contributed by atoms with Crippen molar-refractivity contribution < 1.29 is 9.18 Å². The maximum absolute atomic E-state index is 13.8. The van der Waals surface area contributed by atoms with E-state index in [9.17, 15) is 9.18 Å². The van der Waals surface area contributed by atoms with Gasteiger partial charge in [-0.2, -0.15) is 5.26 Å². The Morgan fingerprint density at radius 1 is 1.16 bits per heavy atom. The van der Waals surface area contributed by atoms with Gasteiger partial charge < -0.3 is 5.32 Å². The standard InChI is InChI=1S/C26H26FN3O/c1-2-24(30-26(31)20-5-3-17(16-28)4-6-20)19-9-7-18(8-10-19)22-13-14-29-25-12-11-21(27)15-23(22)25/h3-6,11-15,18-19,24H,2,7-10H2,1H3,(H,30,31)/t18-,19-,24-/m1/s1. The Morgan fingerprint density at radius 3 is 2.58 bits per heavy atom. The fraction of sp³-hybridized carbons (Fsp3) is 0.346. The van der Waals surface area contributed by atoms with Crippen LogP contribution in [0.2, 0.25) is 0 Å². The molecule has 5 heteroatoms. The van der Waals surface area contributed by atoms with E-state index in [1.807, 2.05) is 12.3 Å². The summed E-state index contributed by atoms with van der Waals surface area (Å²) < 4.78 is 13.8. The fourth-order valence-electron chi connectivity index (χ4n) is 4.83. The number of pyridine rings is 1. The van der Waals surface area contributed by atoms with E-state index in [0.29, 0.717) is 23.0 Å². The highest BCUT2D eigenvalue weighted by molar-refractivity contribution is 5.94. The Kier molecular flexibility index (Phi) is 6.27. The summed E-state index contributed by atoms with van der Waals surface area (Å²) in [4.78, 5) is 17.1. The van der Waals surface area contributed by atoms with Gasteiger partial charge >= 0.3 is 0 Å². The highest BCUT2D eigenvalue weighted by Crippen LogP contribution is 2.39. The zero-order valence-electron chi connectivity index (χ0n) is 17.6. The summed E-state index contributed by atoms with van der Waals surface area (Å²) in [5.41, 5.74) is 3.14. The Bertz CT molecular complexity index is 1110. The fourth-order valence-corrected chi connectivity index (χ4v) is 4.83. The Hall–Kier alpha value is -3.26. The Labute approximate surface area is 182 Å². The van der Waals surface area contributed by atoms with Crippen molar-refractivity contribution in [3.8, 4) is 6.07 Å². The Balaban J connectivity index is 1.42. The molecule has 158 valence electrons. The van der Waals surface area contributed by atoms with Crippen LogP contribution in [0, 0.1) is 23.1 Å². The van der Waals surface area contributed by atoms with Crippen LogP contribution in [0.5, 0.6) is 0 Å². The van der Waals surface area contributed by atoms with Crippen molar-refractivity contribution in [3.05, 3.63) is 77.2 Å².